The van der Waals surface area contributed by atoms with E-state index in [2.05, 4.69) is 10.3 Å². The minimum atomic E-state index is -1.24. The molecule has 1 aromatic rings. The van der Waals surface area contributed by atoms with E-state index in [9.17, 15) is 20.3 Å². The number of aliphatic hydroxyl groups is 2. The third kappa shape index (κ3) is 3.84. The van der Waals surface area contributed by atoms with Crippen molar-refractivity contribution in [1.29, 1.82) is 0 Å². The lowest BCUT2D eigenvalue weighted by molar-refractivity contribution is -0.385. The molecule has 0 aliphatic rings. The van der Waals surface area contributed by atoms with Gasteiger partial charge in [0.25, 0.3) is 0 Å². The van der Waals surface area contributed by atoms with Crippen LogP contribution in [0, 0.1) is 17.0 Å². The first kappa shape index (κ1) is 15.8. The lowest BCUT2D eigenvalue weighted by atomic mass is 10.0. The summed E-state index contributed by atoms with van der Waals surface area (Å²) in [5, 5.41) is 33.2. The second kappa shape index (κ2) is 6.76. The Morgan fingerprint density at radius 2 is 2.21 bits per heavy atom. The molecule has 1 rings (SSSR count). The highest BCUT2D eigenvalue weighted by atomic mass is 35.5. The molecular weight excluding hydrogens is 274 g/mol. The summed E-state index contributed by atoms with van der Waals surface area (Å²) in [5.41, 5.74) is 0.174. The number of pyridine rings is 1. The quantitative estimate of drug-likeness (QED) is 0.409. The largest absolute Gasteiger partial charge is 0.390 e. The molecule has 0 amide bonds. The van der Waals surface area contributed by atoms with Gasteiger partial charge < -0.3 is 15.5 Å². The number of nitrogens with zero attached hydrogens (tertiary/aromatic N) is 2. The smallest absolute Gasteiger partial charge is 0.306 e. The Labute approximate surface area is 115 Å². The molecule has 0 saturated carbocycles. The van der Waals surface area contributed by atoms with E-state index in [0.29, 0.717) is 18.7 Å². The molecule has 0 fully saturated rings. The molecule has 0 radical (unpaired) electrons. The predicted octanol–water partition coefficient (Wildman–Crippen LogP) is 0.955. The molecule has 2 unspecified atom stereocenters. The third-order valence-corrected chi connectivity index (χ3v) is 3.04. The average molecular weight is 290 g/mol. The van der Waals surface area contributed by atoms with Crippen LogP contribution >= 0.6 is 11.6 Å². The lowest BCUT2D eigenvalue weighted by Crippen LogP contribution is -2.24. The van der Waals surface area contributed by atoms with Crippen molar-refractivity contribution >= 4 is 17.3 Å². The first-order valence-electron chi connectivity index (χ1n) is 5.70. The number of rotatable bonds is 6. The molecule has 7 nitrogen and oxygen atoms in total. The molecule has 0 aliphatic heterocycles. The molecule has 0 aliphatic carbocycles. The highest BCUT2D eigenvalue weighted by Gasteiger charge is 2.25. The molecule has 1 aromatic heterocycles. The number of aromatic nitrogens is 1. The van der Waals surface area contributed by atoms with Crippen LogP contribution in [0.3, 0.4) is 0 Å². The number of aryl methyl sites for hydroxylation is 1. The van der Waals surface area contributed by atoms with Gasteiger partial charge in [0.15, 0.2) is 0 Å². The maximum Gasteiger partial charge on any atom is 0.306 e. The number of hydrogen-bond acceptors (Lipinski definition) is 6. The highest BCUT2D eigenvalue weighted by molar-refractivity contribution is 6.31. The summed E-state index contributed by atoms with van der Waals surface area (Å²) < 4.78 is 0. The fourth-order valence-corrected chi connectivity index (χ4v) is 1.92. The van der Waals surface area contributed by atoms with Crippen LogP contribution in [0.4, 0.5) is 5.69 Å². The summed E-state index contributed by atoms with van der Waals surface area (Å²) in [7, 11) is 1.72. The topological polar surface area (TPSA) is 109 Å². The number of halogens is 1. The molecule has 0 spiro atoms. The minimum Gasteiger partial charge on any atom is -0.390 e. The highest BCUT2D eigenvalue weighted by Crippen LogP contribution is 2.29. The van der Waals surface area contributed by atoms with Crippen molar-refractivity contribution < 1.29 is 15.1 Å². The zero-order chi connectivity index (χ0) is 14.6. The first-order chi connectivity index (χ1) is 8.88. The summed E-state index contributed by atoms with van der Waals surface area (Å²) in [6.07, 6.45) is -1.96. The zero-order valence-corrected chi connectivity index (χ0v) is 11.4. The van der Waals surface area contributed by atoms with Crippen molar-refractivity contribution in [3.05, 3.63) is 32.6 Å². The molecule has 0 aromatic carbocycles. The number of aliphatic hydroxyl groups excluding tert-OH is 2. The van der Waals surface area contributed by atoms with E-state index in [4.69, 9.17) is 11.6 Å². The van der Waals surface area contributed by atoms with Crippen LogP contribution in [0.25, 0.3) is 0 Å². The summed E-state index contributed by atoms with van der Waals surface area (Å²) in [6.45, 7) is 2.08. The SMILES string of the molecule is CNCCC(O)C(O)c1cc([N+](=O)[O-])c(Cl)nc1C. The van der Waals surface area contributed by atoms with E-state index in [0.717, 1.165) is 6.07 Å². The molecule has 0 saturated heterocycles. The average Bonchev–Trinajstić information content (AvgIpc) is 2.34. The van der Waals surface area contributed by atoms with Crippen LogP contribution in [0.2, 0.25) is 5.15 Å². The van der Waals surface area contributed by atoms with Crippen LogP contribution in [0.15, 0.2) is 6.07 Å². The standard InChI is InChI=1S/C11H16ClN3O4/c1-6-7(10(17)9(16)3-4-13-2)5-8(15(18)19)11(12)14-6/h5,9-10,13,16-17H,3-4H2,1-2H3. The van der Waals surface area contributed by atoms with Gasteiger partial charge in [-0.25, -0.2) is 4.98 Å². The minimum absolute atomic E-state index is 0.208. The molecule has 0 bridgehead atoms. The van der Waals surface area contributed by atoms with Gasteiger partial charge in [0.05, 0.1) is 11.0 Å². The lowest BCUT2D eigenvalue weighted by Gasteiger charge is -2.19. The number of hydrogen-bond donors (Lipinski definition) is 3. The van der Waals surface area contributed by atoms with Gasteiger partial charge in [-0.1, -0.05) is 11.6 Å². The van der Waals surface area contributed by atoms with Gasteiger partial charge >= 0.3 is 5.69 Å². The van der Waals surface area contributed by atoms with Crippen LogP contribution in [0.5, 0.6) is 0 Å². The molecular formula is C11H16ClN3O4. The Kier molecular flexibility index (Phi) is 5.61. The van der Waals surface area contributed by atoms with Gasteiger partial charge in [-0.3, -0.25) is 10.1 Å². The Hall–Kier alpha value is -1.28. The Morgan fingerprint density at radius 1 is 1.58 bits per heavy atom. The van der Waals surface area contributed by atoms with Gasteiger partial charge in [-0.15, -0.1) is 0 Å². The molecule has 8 heteroatoms. The Balaban J connectivity index is 3.05. The van der Waals surface area contributed by atoms with Gasteiger partial charge in [-0.2, -0.15) is 0 Å². The second-order valence-corrected chi connectivity index (χ2v) is 4.49. The van der Waals surface area contributed by atoms with Crippen molar-refractivity contribution in [2.75, 3.05) is 13.6 Å². The van der Waals surface area contributed by atoms with Crippen LogP contribution in [-0.2, 0) is 0 Å². The van der Waals surface area contributed by atoms with Crippen LogP contribution < -0.4 is 5.32 Å². The Bertz CT molecular complexity index is 469. The molecule has 1 heterocycles. The van der Waals surface area contributed by atoms with Gasteiger partial charge in [-0.05, 0) is 26.9 Å². The van der Waals surface area contributed by atoms with Gasteiger partial charge in [0.2, 0.25) is 5.15 Å². The van der Waals surface area contributed by atoms with Gasteiger partial charge in [0, 0.05) is 17.3 Å². The molecule has 106 valence electrons. The number of nitro groups is 1. The zero-order valence-electron chi connectivity index (χ0n) is 10.6. The summed E-state index contributed by atoms with van der Waals surface area (Å²) >= 11 is 5.66. The molecule has 19 heavy (non-hydrogen) atoms. The van der Waals surface area contributed by atoms with Crippen molar-refractivity contribution in [1.82, 2.24) is 10.3 Å². The van der Waals surface area contributed by atoms with Crippen molar-refractivity contribution in [3.8, 4) is 0 Å². The van der Waals surface area contributed by atoms with E-state index in [1.54, 1.807) is 14.0 Å². The summed E-state index contributed by atoms with van der Waals surface area (Å²) in [6, 6.07) is 1.15. The predicted molar refractivity (Wildman–Crippen MR) is 70.1 cm³/mol. The van der Waals surface area contributed by atoms with Crippen molar-refractivity contribution in [3.63, 3.8) is 0 Å². The van der Waals surface area contributed by atoms with Crippen molar-refractivity contribution in [2.24, 2.45) is 0 Å². The normalized spacial score (nSPS) is 14.2. The van der Waals surface area contributed by atoms with Crippen LogP contribution in [-0.4, -0.2) is 39.8 Å². The monoisotopic (exact) mass is 289 g/mol. The first-order valence-corrected chi connectivity index (χ1v) is 6.08. The number of nitrogens with one attached hydrogen (secondary N) is 1. The molecule has 2 atom stereocenters. The van der Waals surface area contributed by atoms with E-state index >= 15 is 0 Å². The van der Waals surface area contributed by atoms with E-state index in [1.165, 1.54) is 0 Å². The maximum absolute atomic E-state index is 10.8. The third-order valence-electron chi connectivity index (χ3n) is 2.76. The fraction of sp³-hybridized carbons (Fsp3) is 0.545. The summed E-state index contributed by atoms with van der Waals surface area (Å²) in [4.78, 5) is 13.9. The van der Waals surface area contributed by atoms with E-state index in [1.807, 2.05) is 0 Å². The fourth-order valence-electron chi connectivity index (χ4n) is 1.67. The maximum atomic E-state index is 10.8. The molecule has 3 N–H and O–H groups in total. The van der Waals surface area contributed by atoms with Gasteiger partial charge in [0.1, 0.15) is 6.10 Å². The van der Waals surface area contributed by atoms with Crippen LogP contribution in [0.1, 0.15) is 23.8 Å². The van der Waals surface area contributed by atoms with Crippen molar-refractivity contribution in [2.45, 2.75) is 25.6 Å². The van der Waals surface area contributed by atoms with E-state index in [-0.39, 0.29) is 16.4 Å². The van der Waals surface area contributed by atoms with E-state index < -0.39 is 17.1 Å². The summed E-state index contributed by atoms with van der Waals surface area (Å²) in [5.74, 6) is 0. The Morgan fingerprint density at radius 3 is 2.74 bits per heavy atom. The second-order valence-electron chi connectivity index (χ2n) is 4.13.